The Hall–Kier alpha value is -1.39. The fourth-order valence-electron chi connectivity index (χ4n) is 1.82. The summed E-state index contributed by atoms with van der Waals surface area (Å²) in [5.74, 6) is 0.792. The highest BCUT2D eigenvalue weighted by atomic mass is 79.9. The fraction of sp³-hybridized carbons (Fsp3) is 0.0769. The highest BCUT2D eigenvalue weighted by molar-refractivity contribution is 9.10. The monoisotopic (exact) mass is 321 g/mol. The lowest BCUT2D eigenvalue weighted by Crippen LogP contribution is -1.82. The molecule has 1 aromatic carbocycles. The lowest BCUT2D eigenvalue weighted by atomic mass is 10.2. The Kier molecular flexibility index (Phi) is 2.84. The van der Waals surface area contributed by atoms with Gasteiger partial charge in [0.05, 0.1) is 11.0 Å². The van der Waals surface area contributed by atoms with Crippen LogP contribution in [-0.2, 0) is 0 Å². The molecule has 18 heavy (non-hydrogen) atoms. The molecule has 5 heteroatoms. The van der Waals surface area contributed by atoms with E-state index in [-0.39, 0.29) is 0 Å². The number of hydrogen-bond acceptors (Lipinski definition) is 2. The van der Waals surface area contributed by atoms with E-state index >= 15 is 0 Å². The molecule has 0 radical (unpaired) electrons. The molecular formula is C13H9BrClN3. The molecule has 0 bridgehead atoms. The first-order chi connectivity index (χ1) is 8.63. The van der Waals surface area contributed by atoms with E-state index in [1.165, 1.54) is 0 Å². The number of aryl methyl sites for hydroxylation is 1. The SMILES string of the molecule is Cc1cc2[nH]c(-c3cncc(Br)c3)nc2cc1Cl. The van der Waals surface area contributed by atoms with E-state index in [9.17, 15) is 0 Å². The zero-order valence-corrected chi connectivity index (χ0v) is 11.9. The van der Waals surface area contributed by atoms with Crippen LogP contribution in [0, 0.1) is 6.92 Å². The van der Waals surface area contributed by atoms with E-state index in [1.54, 1.807) is 12.4 Å². The van der Waals surface area contributed by atoms with Gasteiger partial charge in [0.25, 0.3) is 0 Å². The molecule has 0 aliphatic heterocycles. The summed E-state index contributed by atoms with van der Waals surface area (Å²) in [5.41, 5.74) is 3.81. The smallest absolute Gasteiger partial charge is 0.140 e. The molecule has 0 spiro atoms. The summed E-state index contributed by atoms with van der Waals surface area (Å²) in [5, 5.41) is 0.730. The van der Waals surface area contributed by atoms with Crippen molar-refractivity contribution in [3.63, 3.8) is 0 Å². The first-order valence-electron chi connectivity index (χ1n) is 5.40. The van der Waals surface area contributed by atoms with Gasteiger partial charge < -0.3 is 4.98 Å². The van der Waals surface area contributed by atoms with Crippen LogP contribution < -0.4 is 0 Å². The van der Waals surface area contributed by atoms with Crippen LogP contribution >= 0.6 is 27.5 Å². The highest BCUT2D eigenvalue weighted by Crippen LogP contribution is 2.26. The largest absolute Gasteiger partial charge is 0.338 e. The minimum absolute atomic E-state index is 0.730. The molecule has 3 rings (SSSR count). The third kappa shape index (κ3) is 2.02. The lowest BCUT2D eigenvalue weighted by Gasteiger charge is -1.95. The zero-order chi connectivity index (χ0) is 12.7. The molecule has 0 atom stereocenters. The van der Waals surface area contributed by atoms with Crippen LogP contribution in [0.15, 0.2) is 35.1 Å². The Morgan fingerprint density at radius 1 is 1.22 bits per heavy atom. The number of aromatic nitrogens is 3. The van der Waals surface area contributed by atoms with Gasteiger partial charge in [0.2, 0.25) is 0 Å². The molecule has 3 nitrogen and oxygen atoms in total. The maximum absolute atomic E-state index is 6.09. The third-order valence-corrected chi connectivity index (χ3v) is 3.58. The number of rotatable bonds is 1. The quantitative estimate of drug-likeness (QED) is 0.723. The van der Waals surface area contributed by atoms with Gasteiger partial charge in [-0.15, -0.1) is 0 Å². The molecule has 2 heterocycles. The Morgan fingerprint density at radius 2 is 2.06 bits per heavy atom. The second-order valence-electron chi connectivity index (χ2n) is 4.10. The van der Waals surface area contributed by atoms with E-state index in [2.05, 4.69) is 30.9 Å². The number of H-pyrrole nitrogens is 1. The standard InChI is InChI=1S/C13H9BrClN3/c1-7-2-11-12(4-10(7)15)18-13(17-11)8-3-9(14)6-16-5-8/h2-6H,1H3,(H,17,18). The van der Waals surface area contributed by atoms with E-state index in [1.807, 2.05) is 25.1 Å². The molecule has 1 N–H and O–H groups in total. The molecule has 0 saturated heterocycles. The van der Waals surface area contributed by atoms with Crippen molar-refractivity contribution >= 4 is 38.6 Å². The number of hydrogen-bond donors (Lipinski definition) is 1. The first kappa shape index (κ1) is 11.7. The molecule has 0 unspecified atom stereocenters. The molecule has 2 aromatic heterocycles. The highest BCUT2D eigenvalue weighted by Gasteiger charge is 2.08. The zero-order valence-electron chi connectivity index (χ0n) is 9.54. The van der Waals surface area contributed by atoms with Gasteiger partial charge in [-0.3, -0.25) is 4.98 Å². The number of fused-ring (bicyclic) bond motifs is 1. The molecule has 0 amide bonds. The third-order valence-electron chi connectivity index (χ3n) is 2.74. The van der Waals surface area contributed by atoms with Crippen LogP contribution in [0.1, 0.15) is 5.56 Å². The van der Waals surface area contributed by atoms with Crippen molar-refractivity contribution in [2.24, 2.45) is 0 Å². The first-order valence-corrected chi connectivity index (χ1v) is 6.57. The van der Waals surface area contributed by atoms with Gasteiger partial charge in [0.15, 0.2) is 0 Å². The van der Waals surface area contributed by atoms with E-state index in [0.717, 1.165) is 37.5 Å². The normalized spacial score (nSPS) is 11.1. The maximum Gasteiger partial charge on any atom is 0.140 e. The van der Waals surface area contributed by atoms with Gasteiger partial charge in [0, 0.05) is 27.5 Å². The van der Waals surface area contributed by atoms with Crippen LogP contribution in [0.5, 0.6) is 0 Å². The fourth-order valence-corrected chi connectivity index (χ4v) is 2.34. The Labute approximate surface area is 117 Å². The van der Waals surface area contributed by atoms with Crippen molar-refractivity contribution < 1.29 is 0 Å². The summed E-state index contributed by atoms with van der Waals surface area (Å²) in [7, 11) is 0. The van der Waals surface area contributed by atoms with Gasteiger partial charge in [-0.2, -0.15) is 0 Å². The Bertz CT molecular complexity index is 697. The molecular weight excluding hydrogens is 314 g/mol. The van der Waals surface area contributed by atoms with Crippen molar-refractivity contribution in [3.05, 3.63) is 45.7 Å². The summed E-state index contributed by atoms with van der Waals surface area (Å²) in [4.78, 5) is 11.9. The second-order valence-corrected chi connectivity index (χ2v) is 5.42. The topological polar surface area (TPSA) is 41.6 Å². The number of nitrogens with one attached hydrogen (secondary N) is 1. The van der Waals surface area contributed by atoms with Crippen molar-refractivity contribution in [1.82, 2.24) is 15.0 Å². The van der Waals surface area contributed by atoms with Crippen LogP contribution in [0.2, 0.25) is 5.02 Å². The van der Waals surface area contributed by atoms with Crippen molar-refractivity contribution in [1.29, 1.82) is 0 Å². The summed E-state index contributed by atoms with van der Waals surface area (Å²) in [6.07, 6.45) is 3.52. The van der Waals surface area contributed by atoms with Gasteiger partial charge in [-0.25, -0.2) is 4.98 Å². The van der Waals surface area contributed by atoms with Gasteiger partial charge >= 0.3 is 0 Å². The average Bonchev–Trinajstić information content (AvgIpc) is 2.73. The molecule has 90 valence electrons. The summed E-state index contributed by atoms with van der Waals surface area (Å²) in [6.45, 7) is 1.98. The summed E-state index contributed by atoms with van der Waals surface area (Å²) in [6, 6.07) is 5.84. The molecule has 0 aliphatic rings. The number of benzene rings is 1. The predicted octanol–water partition coefficient (Wildman–Crippen LogP) is 4.35. The minimum Gasteiger partial charge on any atom is -0.338 e. The lowest BCUT2D eigenvalue weighted by molar-refractivity contribution is 1.26. The van der Waals surface area contributed by atoms with Crippen molar-refractivity contribution in [3.8, 4) is 11.4 Å². The maximum atomic E-state index is 6.09. The van der Waals surface area contributed by atoms with Gasteiger partial charge in [-0.1, -0.05) is 11.6 Å². The number of pyridine rings is 1. The number of halogens is 2. The predicted molar refractivity (Wildman–Crippen MR) is 76.8 cm³/mol. The number of aromatic amines is 1. The second kappa shape index (κ2) is 4.37. The van der Waals surface area contributed by atoms with Crippen molar-refractivity contribution in [2.75, 3.05) is 0 Å². The average molecular weight is 323 g/mol. The van der Waals surface area contributed by atoms with Gasteiger partial charge in [0.1, 0.15) is 5.82 Å². The number of nitrogens with zero attached hydrogens (tertiary/aromatic N) is 2. The number of imidazole rings is 1. The van der Waals surface area contributed by atoms with Crippen LogP contribution in [0.25, 0.3) is 22.4 Å². The Morgan fingerprint density at radius 3 is 2.83 bits per heavy atom. The Balaban J connectivity index is 2.19. The van der Waals surface area contributed by atoms with Crippen LogP contribution in [-0.4, -0.2) is 15.0 Å². The van der Waals surface area contributed by atoms with Crippen LogP contribution in [0.4, 0.5) is 0 Å². The summed E-state index contributed by atoms with van der Waals surface area (Å²) >= 11 is 9.50. The van der Waals surface area contributed by atoms with E-state index in [0.29, 0.717) is 0 Å². The van der Waals surface area contributed by atoms with Crippen molar-refractivity contribution in [2.45, 2.75) is 6.92 Å². The molecule has 0 aliphatic carbocycles. The van der Waals surface area contributed by atoms with Gasteiger partial charge in [-0.05, 0) is 46.6 Å². The molecule has 3 aromatic rings. The van der Waals surface area contributed by atoms with Crippen LogP contribution in [0.3, 0.4) is 0 Å². The van der Waals surface area contributed by atoms with E-state index in [4.69, 9.17) is 11.6 Å². The molecule has 0 fully saturated rings. The minimum atomic E-state index is 0.730. The summed E-state index contributed by atoms with van der Waals surface area (Å²) < 4.78 is 0.926. The van der Waals surface area contributed by atoms with E-state index < -0.39 is 0 Å². The molecule has 0 saturated carbocycles.